The molecule has 2 aromatic rings. The van der Waals surface area contributed by atoms with Crippen LogP contribution in [0.5, 0.6) is 5.75 Å². The Morgan fingerprint density at radius 3 is 2.74 bits per heavy atom. The number of rotatable bonds is 3. The van der Waals surface area contributed by atoms with Gasteiger partial charge in [0.2, 0.25) is 0 Å². The van der Waals surface area contributed by atoms with Crippen LogP contribution in [0.1, 0.15) is 21.7 Å². The van der Waals surface area contributed by atoms with Crippen molar-refractivity contribution >= 4 is 34.1 Å². The zero-order chi connectivity index (χ0) is 13.8. The standard InChI is InChI=1S/C13H9BrN2O3/c14-11-4-3-10(17)5-8(11)1-2-9-6-12(13(18)19)16-7-15-9/h1-7,17H,(H,18,19)/b2-1+. The number of halogens is 1. The SMILES string of the molecule is O=C(O)c1cc(/C=C/c2cc(O)ccc2Br)ncn1. The van der Waals surface area contributed by atoms with Crippen molar-refractivity contribution in [1.29, 1.82) is 0 Å². The van der Waals surface area contributed by atoms with E-state index < -0.39 is 5.97 Å². The summed E-state index contributed by atoms with van der Waals surface area (Å²) >= 11 is 3.35. The lowest BCUT2D eigenvalue weighted by molar-refractivity contribution is 0.0690. The summed E-state index contributed by atoms with van der Waals surface area (Å²) < 4.78 is 0.814. The number of phenols is 1. The van der Waals surface area contributed by atoms with E-state index >= 15 is 0 Å². The van der Waals surface area contributed by atoms with Crippen molar-refractivity contribution in [2.45, 2.75) is 0 Å². The molecule has 0 aliphatic rings. The van der Waals surface area contributed by atoms with Gasteiger partial charge in [-0.2, -0.15) is 0 Å². The molecule has 0 amide bonds. The number of aromatic nitrogens is 2. The minimum Gasteiger partial charge on any atom is -0.508 e. The Balaban J connectivity index is 2.30. The molecule has 0 bridgehead atoms. The van der Waals surface area contributed by atoms with Crippen LogP contribution in [-0.4, -0.2) is 26.2 Å². The second-order valence-electron chi connectivity index (χ2n) is 3.67. The van der Waals surface area contributed by atoms with E-state index in [2.05, 4.69) is 25.9 Å². The molecule has 0 aliphatic heterocycles. The van der Waals surface area contributed by atoms with Gasteiger partial charge >= 0.3 is 5.97 Å². The Labute approximate surface area is 117 Å². The van der Waals surface area contributed by atoms with Gasteiger partial charge in [0.15, 0.2) is 5.69 Å². The van der Waals surface area contributed by atoms with Gasteiger partial charge in [-0.3, -0.25) is 0 Å². The van der Waals surface area contributed by atoms with Crippen LogP contribution in [0.3, 0.4) is 0 Å². The molecule has 19 heavy (non-hydrogen) atoms. The number of nitrogens with zero attached hydrogens (tertiary/aromatic N) is 2. The summed E-state index contributed by atoms with van der Waals surface area (Å²) in [5.41, 5.74) is 1.17. The quantitative estimate of drug-likeness (QED) is 0.908. The summed E-state index contributed by atoms with van der Waals surface area (Å²) in [6.45, 7) is 0. The van der Waals surface area contributed by atoms with E-state index in [9.17, 15) is 9.90 Å². The molecule has 0 unspecified atom stereocenters. The van der Waals surface area contributed by atoms with Gasteiger partial charge in [-0.15, -0.1) is 0 Å². The van der Waals surface area contributed by atoms with Crippen LogP contribution in [0.2, 0.25) is 0 Å². The predicted molar refractivity (Wildman–Crippen MR) is 73.7 cm³/mol. The number of hydrogen-bond acceptors (Lipinski definition) is 4. The molecule has 2 rings (SSSR count). The van der Waals surface area contributed by atoms with Gasteiger partial charge in [-0.25, -0.2) is 14.8 Å². The number of carboxylic acid groups (broad SMARTS) is 1. The molecule has 2 N–H and O–H groups in total. The van der Waals surface area contributed by atoms with Crippen molar-refractivity contribution < 1.29 is 15.0 Å². The molecule has 1 aromatic carbocycles. The lowest BCUT2D eigenvalue weighted by Crippen LogP contribution is -2.00. The summed E-state index contributed by atoms with van der Waals surface area (Å²) in [6, 6.07) is 6.24. The van der Waals surface area contributed by atoms with E-state index in [-0.39, 0.29) is 11.4 Å². The Morgan fingerprint density at radius 2 is 2.00 bits per heavy atom. The van der Waals surface area contributed by atoms with Crippen LogP contribution < -0.4 is 0 Å². The number of aromatic hydroxyl groups is 1. The van der Waals surface area contributed by atoms with Crippen molar-refractivity contribution in [1.82, 2.24) is 9.97 Å². The van der Waals surface area contributed by atoms with Crippen LogP contribution in [0.4, 0.5) is 0 Å². The zero-order valence-electron chi connectivity index (χ0n) is 9.62. The van der Waals surface area contributed by atoms with Gasteiger partial charge in [0.05, 0.1) is 5.69 Å². The monoisotopic (exact) mass is 320 g/mol. The molecule has 1 heterocycles. The molecule has 0 atom stereocenters. The molecular weight excluding hydrogens is 312 g/mol. The molecule has 96 valence electrons. The zero-order valence-corrected chi connectivity index (χ0v) is 11.2. The Morgan fingerprint density at radius 1 is 1.21 bits per heavy atom. The number of aromatic carboxylic acids is 1. The molecule has 0 fully saturated rings. The number of phenolic OH excluding ortho intramolecular Hbond substituents is 1. The Hall–Kier alpha value is -2.21. The second kappa shape index (κ2) is 5.62. The van der Waals surface area contributed by atoms with Crippen molar-refractivity contribution in [3.8, 4) is 5.75 Å². The third-order valence-corrected chi connectivity index (χ3v) is 3.04. The lowest BCUT2D eigenvalue weighted by Gasteiger charge is -1.99. The average molecular weight is 321 g/mol. The molecule has 0 saturated heterocycles. The van der Waals surface area contributed by atoms with Crippen molar-refractivity contribution in [2.24, 2.45) is 0 Å². The van der Waals surface area contributed by atoms with E-state index in [1.165, 1.54) is 12.4 Å². The van der Waals surface area contributed by atoms with E-state index in [1.807, 2.05) is 0 Å². The number of hydrogen-bond donors (Lipinski definition) is 2. The van der Waals surface area contributed by atoms with Crippen LogP contribution in [0.15, 0.2) is 35.1 Å². The number of carboxylic acids is 1. The van der Waals surface area contributed by atoms with Crippen LogP contribution in [-0.2, 0) is 0 Å². The summed E-state index contributed by atoms with van der Waals surface area (Å²) in [5, 5.41) is 18.2. The fourth-order valence-electron chi connectivity index (χ4n) is 1.41. The van der Waals surface area contributed by atoms with Gasteiger partial charge in [0.1, 0.15) is 12.1 Å². The summed E-state index contributed by atoms with van der Waals surface area (Å²) in [5.74, 6) is -0.952. The van der Waals surface area contributed by atoms with Crippen molar-refractivity contribution in [3.63, 3.8) is 0 Å². The summed E-state index contributed by atoms with van der Waals surface area (Å²) in [7, 11) is 0. The minimum atomic E-state index is -1.10. The van der Waals surface area contributed by atoms with Gasteiger partial charge < -0.3 is 10.2 Å². The first-order chi connectivity index (χ1) is 9.06. The predicted octanol–water partition coefficient (Wildman–Crippen LogP) is 2.81. The molecular formula is C13H9BrN2O3. The Bertz CT molecular complexity index is 656. The summed E-state index contributed by atoms with van der Waals surface area (Å²) in [6.07, 6.45) is 4.56. The van der Waals surface area contributed by atoms with E-state index in [0.717, 1.165) is 10.0 Å². The lowest BCUT2D eigenvalue weighted by atomic mass is 10.2. The molecule has 0 aliphatic carbocycles. The Kier molecular flexibility index (Phi) is 3.91. The molecule has 0 radical (unpaired) electrons. The van der Waals surface area contributed by atoms with Crippen LogP contribution in [0.25, 0.3) is 12.2 Å². The first-order valence-electron chi connectivity index (χ1n) is 5.28. The normalized spacial score (nSPS) is 10.8. The molecule has 0 spiro atoms. The molecule has 6 heteroatoms. The third-order valence-electron chi connectivity index (χ3n) is 2.32. The van der Waals surface area contributed by atoms with Gasteiger partial charge in [-0.1, -0.05) is 22.0 Å². The molecule has 0 saturated carbocycles. The molecule has 5 nitrogen and oxygen atoms in total. The summed E-state index contributed by atoms with van der Waals surface area (Å²) in [4.78, 5) is 18.4. The smallest absolute Gasteiger partial charge is 0.354 e. The highest BCUT2D eigenvalue weighted by Crippen LogP contribution is 2.23. The van der Waals surface area contributed by atoms with E-state index in [4.69, 9.17) is 5.11 Å². The average Bonchev–Trinajstić information content (AvgIpc) is 2.40. The van der Waals surface area contributed by atoms with Crippen LogP contribution >= 0.6 is 15.9 Å². The van der Waals surface area contributed by atoms with Crippen LogP contribution in [0, 0.1) is 0 Å². The highest BCUT2D eigenvalue weighted by atomic mass is 79.9. The maximum Gasteiger partial charge on any atom is 0.354 e. The minimum absolute atomic E-state index is 0.0652. The first kappa shape index (κ1) is 13.2. The maximum absolute atomic E-state index is 10.8. The third kappa shape index (κ3) is 3.38. The largest absolute Gasteiger partial charge is 0.508 e. The van der Waals surface area contributed by atoms with Crippen molar-refractivity contribution in [2.75, 3.05) is 0 Å². The fraction of sp³-hybridized carbons (Fsp3) is 0. The number of carbonyl (C=O) groups is 1. The molecule has 1 aromatic heterocycles. The van der Waals surface area contributed by atoms with Crippen molar-refractivity contribution in [3.05, 3.63) is 52.0 Å². The highest BCUT2D eigenvalue weighted by molar-refractivity contribution is 9.10. The van der Waals surface area contributed by atoms with Gasteiger partial charge in [-0.05, 0) is 35.9 Å². The number of benzene rings is 1. The van der Waals surface area contributed by atoms with E-state index in [0.29, 0.717) is 5.69 Å². The highest BCUT2D eigenvalue weighted by Gasteiger charge is 2.04. The maximum atomic E-state index is 10.8. The van der Waals surface area contributed by atoms with Gasteiger partial charge in [0, 0.05) is 4.47 Å². The first-order valence-corrected chi connectivity index (χ1v) is 6.07. The van der Waals surface area contributed by atoms with E-state index in [1.54, 1.807) is 30.4 Å². The second-order valence-corrected chi connectivity index (χ2v) is 4.53. The van der Waals surface area contributed by atoms with Gasteiger partial charge in [0.25, 0.3) is 0 Å². The topological polar surface area (TPSA) is 83.3 Å². The fourth-order valence-corrected chi connectivity index (χ4v) is 1.79.